The molecule has 2 aromatic carbocycles. The Morgan fingerprint density at radius 3 is 2.41 bits per heavy atom. The number of nitrogens with zero attached hydrogens (tertiary/aromatic N) is 4. The van der Waals surface area contributed by atoms with Crippen LogP contribution < -0.4 is 0 Å². The van der Waals surface area contributed by atoms with Gasteiger partial charge in [0.25, 0.3) is 0 Å². The Labute approximate surface area is 186 Å². The van der Waals surface area contributed by atoms with Gasteiger partial charge in [0.2, 0.25) is 0 Å². The van der Waals surface area contributed by atoms with Crippen LogP contribution in [0, 0.1) is 5.92 Å². The number of aromatic nitrogens is 2. The maximum Gasteiger partial charge on any atom is 0.0988 e. The Balaban J connectivity index is 1.88. The predicted octanol–water partition coefficient (Wildman–Crippen LogP) is 6.49. The van der Waals surface area contributed by atoms with Crippen molar-refractivity contribution in [2.75, 3.05) is 14.1 Å². The molecule has 0 atom stereocenters. The molecule has 3 aromatic rings. The number of benzene rings is 2. The van der Waals surface area contributed by atoms with E-state index in [1.165, 1.54) is 17.6 Å². The van der Waals surface area contributed by atoms with Crippen molar-refractivity contribution in [2.45, 2.75) is 31.6 Å². The van der Waals surface area contributed by atoms with Crippen LogP contribution in [0.1, 0.15) is 26.0 Å². The number of aryl methyl sites for hydroxylation is 1. The normalized spacial score (nSPS) is 11.5. The SMILES string of the molecule is CC(C)CCc1cc(-c2ccc(Br)cc2)nn1-c1ccc(S/N=C/N(C)C)cc1. The Kier molecular flexibility index (Phi) is 7.56. The van der Waals surface area contributed by atoms with Crippen LogP contribution in [0.2, 0.25) is 0 Å². The Morgan fingerprint density at radius 1 is 1.10 bits per heavy atom. The third kappa shape index (κ3) is 6.21. The van der Waals surface area contributed by atoms with E-state index < -0.39 is 0 Å². The van der Waals surface area contributed by atoms with Gasteiger partial charge >= 0.3 is 0 Å². The molecule has 0 amide bonds. The highest BCUT2D eigenvalue weighted by Crippen LogP contribution is 2.26. The highest BCUT2D eigenvalue weighted by molar-refractivity contribution is 9.10. The molecule has 0 N–H and O–H groups in total. The molecule has 0 saturated carbocycles. The lowest BCUT2D eigenvalue weighted by molar-refractivity contribution is 0.573. The molecule has 0 fully saturated rings. The molecule has 0 radical (unpaired) electrons. The van der Waals surface area contributed by atoms with Crippen molar-refractivity contribution in [1.82, 2.24) is 14.7 Å². The van der Waals surface area contributed by atoms with Gasteiger partial charge in [-0.2, -0.15) is 5.10 Å². The molecule has 0 spiro atoms. The monoisotopic (exact) mass is 470 g/mol. The van der Waals surface area contributed by atoms with Crippen LogP contribution in [0.3, 0.4) is 0 Å². The van der Waals surface area contributed by atoms with Crippen molar-refractivity contribution in [3.63, 3.8) is 0 Å². The second-order valence-electron chi connectivity index (χ2n) is 7.64. The quantitative estimate of drug-likeness (QED) is 0.214. The highest BCUT2D eigenvalue weighted by Gasteiger charge is 2.12. The van der Waals surface area contributed by atoms with Gasteiger partial charge in [0.15, 0.2) is 0 Å². The van der Waals surface area contributed by atoms with Crippen molar-refractivity contribution in [3.8, 4) is 16.9 Å². The molecule has 29 heavy (non-hydrogen) atoms. The summed E-state index contributed by atoms with van der Waals surface area (Å²) in [7, 11) is 3.93. The summed E-state index contributed by atoms with van der Waals surface area (Å²) in [4.78, 5) is 3.03. The lowest BCUT2D eigenvalue weighted by Gasteiger charge is -2.09. The van der Waals surface area contributed by atoms with Crippen molar-refractivity contribution >= 4 is 34.2 Å². The van der Waals surface area contributed by atoms with Gasteiger partial charge in [-0.25, -0.2) is 9.08 Å². The molecule has 0 saturated heterocycles. The molecule has 0 bridgehead atoms. The average molecular weight is 471 g/mol. The van der Waals surface area contributed by atoms with E-state index in [9.17, 15) is 0 Å². The van der Waals surface area contributed by atoms with Gasteiger partial charge in [0.1, 0.15) is 0 Å². The van der Waals surface area contributed by atoms with Crippen LogP contribution in [-0.4, -0.2) is 35.1 Å². The third-order valence-electron chi connectivity index (χ3n) is 4.42. The molecule has 6 heteroatoms. The van der Waals surface area contributed by atoms with Crippen LogP contribution in [0.15, 0.2) is 68.4 Å². The van der Waals surface area contributed by atoms with E-state index in [1.807, 2.05) is 19.0 Å². The van der Waals surface area contributed by atoms with Gasteiger partial charge in [-0.05, 0) is 61.2 Å². The maximum absolute atomic E-state index is 4.93. The summed E-state index contributed by atoms with van der Waals surface area (Å²) in [6.45, 7) is 4.52. The van der Waals surface area contributed by atoms with Gasteiger partial charge in [-0.3, -0.25) is 0 Å². The molecule has 0 aliphatic carbocycles. The smallest absolute Gasteiger partial charge is 0.0988 e. The van der Waals surface area contributed by atoms with E-state index >= 15 is 0 Å². The number of rotatable bonds is 8. The van der Waals surface area contributed by atoms with E-state index in [2.05, 4.69) is 93.5 Å². The summed E-state index contributed by atoms with van der Waals surface area (Å²) < 4.78 is 7.51. The van der Waals surface area contributed by atoms with Crippen LogP contribution in [-0.2, 0) is 6.42 Å². The first-order valence-corrected chi connectivity index (χ1v) is 11.3. The molecule has 152 valence electrons. The zero-order chi connectivity index (χ0) is 20.8. The largest absolute Gasteiger partial charge is 0.368 e. The number of halogens is 1. The molecular weight excluding hydrogens is 444 g/mol. The lowest BCUT2D eigenvalue weighted by Crippen LogP contribution is -2.06. The van der Waals surface area contributed by atoms with Gasteiger partial charge in [0.05, 0.1) is 17.7 Å². The molecule has 1 heterocycles. The van der Waals surface area contributed by atoms with E-state index in [4.69, 9.17) is 5.10 Å². The van der Waals surface area contributed by atoms with Crippen molar-refractivity contribution in [2.24, 2.45) is 10.3 Å². The minimum absolute atomic E-state index is 0.655. The standard InChI is InChI=1S/C23H27BrN4S/c1-17(2)5-10-21-15-23(18-6-8-19(24)9-7-18)26-28(21)20-11-13-22(14-12-20)29-25-16-27(3)4/h6-9,11-17H,5,10H2,1-4H3/b25-16+. The van der Waals surface area contributed by atoms with Crippen molar-refractivity contribution in [3.05, 3.63) is 64.8 Å². The molecule has 1 aromatic heterocycles. The average Bonchev–Trinajstić information content (AvgIpc) is 3.11. The Bertz CT molecular complexity index is 944. The van der Waals surface area contributed by atoms with Gasteiger partial charge in [-0.1, -0.05) is 41.9 Å². The molecule has 0 aliphatic rings. The van der Waals surface area contributed by atoms with E-state index in [0.29, 0.717) is 5.92 Å². The first kappa shape index (κ1) is 21.7. The molecule has 3 rings (SSSR count). The third-order valence-corrected chi connectivity index (χ3v) is 5.63. The maximum atomic E-state index is 4.93. The molecule has 0 unspecified atom stereocenters. The predicted molar refractivity (Wildman–Crippen MR) is 128 cm³/mol. The van der Waals surface area contributed by atoms with Crippen LogP contribution in [0.4, 0.5) is 0 Å². The van der Waals surface area contributed by atoms with Gasteiger partial charge < -0.3 is 4.90 Å². The summed E-state index contributed by atoms with van der Waals surface area (Å²) in [6, 6.07) is 19.0. The van der Waals surface area contributed by atoms with E-state index in [-0.39, 0.29) is 0 Å². The fourth-order valence-electron chi connectivity index (χ4n) is 2.85. The second-order valence-corrected chi connectivity index (χ2v) is 9.42. The minimum atomic E-state index is 0.655. The summed E-state index contributed by atoms with van der Waals surface area (Å²) >= 11 is 4.98. The Hall–Kier alpha value is -2.05. The van der Waals surface area contributed by atoms with Crippen molar-refractivity contribution in [1.29, 1.82) is 0 Å². The molecular formula is C23H27BrN4S. The summed E-state index contributed by atoms with van der Waals surface area (Å²) in [5.41, 5.74) is 4.45. The zero-order valence-corrected chi connectivity index (χ0v) is 19.7. The topological polar surface area (TPSA) is 33.4 Å². The Morgan fingerprint density at radius 2 is 1.79 bits per heavy atom. The van der Waals surface area contributed by atoms with Crippen LogP contribution in [0.5, 0.6) is 0 Å². The summed E-state index contributed by atoms with van der Waals surface area (Å²) in [5, 5.41) is 4.93. The fourth-order valence-corrected chi connectivity index (χ4v) is 3.73. The van der Waals surface area contributed by atoms with Crippen LogP contribution >= 0.6 is 27.9 Å². The summed E-state index contributed by atoms with van der Waals surface area (Å²) in [6.07, 6.45) is 3.95. The summed E-state index contributed by atoms with van der Waals surface area (Å²) in [5.74, 6) is 0.655. The fraction of sp³-hybridized carbons (Fsp3) is 0.304. The molecule has 4 nitrogen and oxygen atoms in total. The second kappa shape index (κ2) is 10.1. The number of hydrogen-bond donors (Lipinski definition) is 0. The lowest BCUT2D eigenvalue weighted by atomic mass is 10.1. The van der Waals surface area contributed by atoms with Crippen LogP contribution in [0.25, 0.3) is 16.9 Å². The van der Waals surface area contributed by atoms with E-state index in [1.54, 1.807) is 6.34 Å². The highest BCUT2D eigenvalue weighted by atomic mass is 79.9. The minimum Gasteiger partial charge on any atom is -0.368 e. The van der Waals surface area contributed by atoms with Crippen molar-refractivity contribution < 1.29 is 0 Å². The zero-order valence-electron chi connectivity index (χ0n) is 17.3. The van der Waals surface area contributed by atoms with E-state index in [0.717, 1.165) is 39.2 Å². The van der Waals surface area contributed by atoms with Gasteiger partial charge in [-0.15, -0.1) is 0 Å². The van der Waals surface area contributed by atoms with Gasteiger partial charge in [0, 0.05) is 46.7 Å². The first-order chi connectivity index (χ1) is 13.9. The number of hydrogen-bond acceptors (Lipinski definition) is 3. The molecule has 0 aliphatic heterocycles. The first-order valence-electron chi connectivity index (χ1n) is 9.74.